The predicted molar refractivity (Wildman–Crippen MR) is 98.7 cm³/mol. The molecule has 1 aliphatic heterocycles. The first-order valence-electron chi connectivity index (χ1n) is 8.15. The fraction of sp³-hybridized carbons (Fsp3) is 0.316. The highest BCUT2D eigenvalue weighted by atomic mass is 32.2. The van der Waals surface area contributed by atoms with Gasteiger partial charge in [0.25, 0.3) is 0 Å². The third-order valence-corrected chi connectivity index (χ3v) is 5.15. The Morgan fingerprint density at radius 3 is 2.75 bits per heavy atom. The van der Waals surface area contributed by atoms with Crippen molar-refractivity contribution in [2.24, 2.45) is 0 Å². The number of amides is 1. The Labute approximate surface area is 147 Å². The Bertz CT molecular complexity index is 682. The number of nitrogens with one attached hydrogen (secondary N) is 2. The average molecular weight is 342 g/mol. The Morgan fingerprint density at radius 2 is 2.04 bits per heavy atom. The third kappa shape index (κ3) is 4.30. The second-order valence-electron chi connectivity index (χ2n) is 5.76. The molecule has 126 valence electrons. The number of methoxy groups -OCH3 is 1. The lowest BCUT2D eigenvalue weighted by Gasteiger charge is -2.11. The van der Waals surface area contributed by atoms with Crippen LogP contribution in [0.5, 0.6) is 5.75 Å². The van der Waals surface area contributed by atoms with Gasteiger partial charge in [0, 0.05) is 21.9 Å². The summed E-state index contributed by atoms with van der Waals surface area (Å²) < 4.78 is 5.38. The lowest BCUT2D eigenvalue weighted by molar-refractivity contribution is -0.117. The van der Waals surface area contributed by atoms with Gasteiger partial charge in [-0.15, -0.1) is 11.8 Å². The molecule has 1 heterocycles. The van der Waals surface area contributed by atoms with E-state index >= 15 is 0 Å². The molecular formula is C19H22N2O2S. The van der Waals surface area contributed by atoms with Crippen LogP contribution in [0.15, 0.2) is 53.4 Å². The average Bonchev–Trinajstić information content (AvgIpc) is 3.16. The number of hydrogen-bond acceptors (Lipinski definition) is 4. The van der Waals surface area contributed by atoms with Crippen LogP contribution in [0, 0.1) is 0 Å². The molecule has 0 bridgehead atoms. The van der Waals surface area contributed by atoms with Crippen LogP contribution < -0.4 is 15.4 Å². The molecule has 1 unspecified atom stereocenters. The zero-order valence-electron chi connectivity index (χ0n) is 13.7. The third-order valence-electron chi connectivity index (χ3n) is 4.09. The summed E-state index contributed by atoms with van der Waals surface area (Å²) in [6, 6.07) is 16.0. The number of anilines is 1. The summed E-state index contributed by atoms with van der Waals surface area (Å²) in [5.41, 5.74) is 2.02. The van der Waals surface area contributed by atoms with Crippen LogP contribution in [0.25, 0.3) is 0 Å². The molecule has 4 nitrogen and oxygen atoms in total. The van der Waals surface area contributed by atoms with Gasteiger partial charge >= 0.3 is 0 Å². The summed E-state index contributed by atoms with van der Waals surface area (Å²) in [6.45, 7) is 0.927. The van der Waals surface area contributed by atoms with Crippen LogP contribution in [0.1, 0.15) is 18.4 Å². The highest BCUT2D eigenvalue weighted by Crippen LogP contribution is 2.28. The molecule has 5 heteroatoms. The number of carbonyl (C=O) groups is 1. The van der Waals surface area contributed by atoms with Crippen LogP contribution >= 0.6 is 11.8 Å². The number of thioether (sulfide) groups is 1. The Kier molecular flexibility index (Phi) is 5.77. The van der Waals surface area contributed by atoms with E-state index in [-0.39, 0.29) is 11.9 Å². The highest BCUT2D eigenvalue weighted by Gasteiger charge is 2.21. The summed E-state index contributed by atoms with van der Waals surface area (Å²) >= 11 is 1.75. The van der Waals surface area contributed by atoms with E-state index in [2.05, 4.69) is 16.7 Å². The molecule has 0 saturated carbocycles. The van der Waals surface area contributed by atoms with Crippen molar-refractivity contribution in [3.05, 3.63) is 54.1 Å². The molecule has 1 aliphatic rings. The summed E-state index contributed by atoms with van der Waals surface area (Å²) in [7, 11) is 1.69. The second kappa shape index (κ2) is 8.22. The highest BCUT2D eigenvalue weighted by molar-refractivity contribution is 7.98. The van der Waals surface area contributed by atoms with Gasteiger partial charge in [0.15, 0.2) is 0 Å². The quantitative estimate of drug-likeness (QED) is 0.786. The maximum atomic E-state index is 12.1. The molecule has 0 aliphatic carbocycles. The molecule has 1 atom stereocenters. The first-order valence-corrected chi connectivity index (χ1v) is 9.14. The SMILES string of the molecule is COc1ccccc1CSc1ccc(NC(=O)C2CCCN2)cc1. The van der Waals surface area contributed by atoms with Gasteiger partial charge in [-0.25, -0.2) is 0 Å². The van der Waals surface area contributed by atoms with Gasteiger partial charge < -0.3 is 15.4 Å². The van der Waals surface area contributed by atoms with E-state index in [1.807, 2.05) is 42.5 Å². The first kappa shape index (κ1) is 16.9. The van der Waals surface area contributed by atoms with Crippen molar-refractivity contribution in [2.45, 2.75) is 29.5 Å². The van der Waals surface area contributed by atoms with Crippen LogP contribution in [0.3, 0.4) is 0 Å². The van der Waals surface area contributed by atoms with Gasteiger partial charge in [-0.3, -0.25) is 4.79 Å². The number of ether oxygens (including phenoxy) is 1. The fourth-order valence-corrected chi connectivity index (χ4v) is 3.64. The van der Waals surface area contributed by atoms with Crippen molar-refractivity contribution in [1.29, 1.82) is 0 Å². The van der Waals surface area contributed by atoms with E-state index in [0.717, 1.165) is 41.5 Å². The number of benzene rings is 2. The van der Waals surface area contributed by atoms with E-state index in [4.69, 9.17) is 4.74 Å². The van der Waals surface area contributed by atoms with E-state index in [1.54, 1.807) is 18.9 Å². The zero-order valence-corrected chi connectivity index (χ0v) is 14.6. The maximum Gasteiger partial charge on any atom is 0.241 e. The number of carbonyl (C=O) groups excluding carboxylic acids is 1. The maximum absolute atomic E-state index is 12.1. The van der Waals surface area contributed by atoms with Crippen LogP contribution in [0.2, 0.25) is 0 Å². The van der Waals surface area contributed by atoms with Crippen molar-refractivity contribution >= 4 is 23.4 Å². The predicted octanol–water partition coefficient (Wildman–Crippen LogP) is 3.68. The Morgan fingerprint density at radius 1 is 1.25 bits per heavy atom. The van der Waals surface area contributed by atoms with Crippen molar-refractivity contribution in [3.8, 4) is 5.75 Å². The molecule has 0 radical (unpaired) electrons. The second-order valence-corrected chi connectivity index (χ2v) is 6.81. The normalized spacial score (nSPS) is 16.8. The summed E-state index contributed by atoms with van der Waals surface area (Å²) in [5.74, 6) is 1.82. The van der Waals surface area contributed by atoms with Crippen LogP contribution in [-0.4, -0.2) is 25.6 Å². The van der Waals surface area contributed by atoms with Gasteiger partial charge in [0.05, 0.1) is 13.2 Å². The minimum atomic E-state index is -0.0513. The molecule has 0 aromatic heterocycles. The smallest absolute Gasteiger partial charge is 0.241 e. The molecule has 2 aromatic rings. The van der Waals surface area contributed by atoms with Crippen LogP contribution in [-0.2, 0) is 10.5 Å². The monoisotopic (exact) mass is 342 g/mol. The van der Waals surface area contributed by atoms with Gasteiger partial charge in [-0.1, -0.05) is 18.2 Å². The Balaban J connectivity index is 1.55. The van der Waals surface area contributed by atoms with Crippen molar-refractivity contribution in [2.75, 3.05) is 19.0 Å². The van der Waals surface area contributed by atoms with E-state index < -0.39 is 0 Å². The van der Waals surface area contributed by atoms with E-state index in [9.17, 15) is 4.79 Å². The van der Waals surface area contributed by atoms with Gasteiger partial charge in [0.2, 0.25) is 5.91 Å². The van der Waals surface area contributed by atoms with Gasteiger partial charge in [0.1, 0.15) is 5.75 Å². The zero-order chi connectivity index (χ0) is 16.8. The largest absolute Gasteiger partial charge is 0.496 e. The molecular weight excluding hydrogens is 320 g/mol. The molecule has 1 saturated heterocycles. The van der Waals surface area contributed by atoms with Crippen molar-refractivity contribution in [3.63, 3.8) is 0 Å². The topological polar surface area (TPSA) is 50.4 Å². The number of rotatable bonds is 6. The molecule has 1 fully saturated rings. The number of para-hydroxylation sites is 1. The van der Waals surface area contributed by atoms with Gasteiger partial charge in [-0.05, 0) is 49.7 Å². The molecule has 1 amide bonds. The van der Waals surface area contributed by atoms with Crippen LogP contribution in [0.4, 0.5) is 5.69 Å². The number of hydrogen-bond donors (Lipinski definition) is 2. The van der Waals surface area contributed by atoms with Crippen molar-refractivity contribution < 1.29 is 9.53 Å². The minimum absolute atomic E-state index is 0.0513. The molecule has 3 rings (SSSR count). The van der Waals surface area contributed by atoms with E-state index in [0.29, 0.717) is 0 Å². The Hall–Kier alpha value is -1.98. The summed E-state index contributed by atoms with van der Waals surface area (Å²) in [4.78, 5) is 13.3. The van der Waals surface area contributed by atoms with Crippen molar-refractivity contribution in [1.82, 2.24) is 5.32 Å². The molecule has 0 spiro atoms. The minimum Gasteiger partial charge on any atom is -0.496 e. The fourth-order valence-electron chi connectivity index (χ4n) is 2.76. The summed E-state index contributed by atoms with van der Waals surface area (Å²) in [5, 5.41) is 6.18. The molecule has 2 aromatic carbocycles. The molecule has 24 heavy (non-hydrogen) atoms. The van der Waals surface area contributed by atoms with E-state index in [1.165, 1.54) is 5.56 Å². The first-order chi connectivity index (χ1) is 11.8. The lowest BCUT2D eigenvalue weighted by atomic mass is 10.2. The lowest BCUT2D eigenvalue weighted by Crippen LogP contribution is -2.35. The van der Waals surface area contributed by atoms with Gasteiger partial charge in [-0.2, -0.15) is 0 Å². The molecule has 2 N–H and O–H groups in total. The summed E-state index contributed by atoms with van der Waals surface area (Å²) in [6.07, 6.45) is 1.98. The standard InChI is InChI=1S/C19H22N2O2S/c1-23-18-7-3-2-5-14(18)13-24-16-10-8-15(9-11-16)21-19(22)17-6-4-12-20-17/h2-3,5,7-11,17,20H,4,6,12-13H2,1H3,(H,21,22).